The number of aliphatic imine (C=N–C) groups is 1. The smallest absolute Gasteiger partial charge is 0.191 e. The van der Waals surface area contributed by atoms with Crippen LogP contribution in [0, 0.1) is 0 Å². The summed E-state index contributed by atoms with van der Waals surface area (Å²) < 4.78 is 0. The highest BCUT2D eigenvalue weighted by Gasteiger charge is 1.95. The predicted molar refractivity (Wildman–Crippen MR) is 83.6 cm³/mol. The highest BCUT2D eigenvalue weighted by molar-refractivity contribution is 5.79. The van der Waals surface area contributed by atoms with E-state index in [0.29, 0.717) is 0 Å². The van der Waals surface area contributed by atoms with Crippen molar-refractivity contribution in [3.8, 4) is 0 Å². The van der Waals surface area contributed by atoms with Gasteiger partial charge in [0.2, 0.25) is 0 Å². The lowest BCUT2D eigenvalue weighted by Crippen LogP contribution is -2.37. The molecule has 0 bridgehead atoms. The Morgan fingerprint density at radius 1 is 1.16 bits per heavy atom. The Morgan fingerprint density at radius 3 is 2.63 bits per heavy atom. The third-order valence-corrected chi connectivity index (χ3v) is 2.91. The lowest BCUT2D eigenvalue weighted by molar-refractivity contribution is 0.658. The van der Waals surface area contributed by atoms with E-state index in [1.54, 1.807) is 7.05 Å². The normalized spacial score (nSPS) is 11.1. The molecule has 0 amide bonds. The van der Waals surface area contributed by atoms with Crippen molar-refractivity contribution in [3.05, 3.63) is 48.6 Å². The molecule has 0 aliphatic rings. The topological polar surface area (TPSA) is 36.4 Å². The number of benzene rings is 1. The molecule has 1 aromatic carbocycles. The van der Waals surface area contributed by atoms with Crippen LogP contribution in [0.15, 0.2) is 48.0 Å². The van der Waals surface area contributed by atoms with E-state index in [4.69, 9.17) is 0 Å². The molecule has 0 atom stereocenters. The molecule has 3 nitrogen and oxygen atoms in total. The number of hydrogen-bond donors (Lipinski definition) is 2. The molecule has 0 saturated carbocycles. The zero-order valence-corrected chi connectivity index (χ0v) is 11.9. The maximum absolute atomic E-state index is 4.14. The molecule has 0 aliphatic carbocycles. The lowest BCUT2D eigenvalue weighted by atomic mass is 10.1. The summed E-state index contributed by atoms with van der Waals surface area (Å²) in [4.78, 5) is 4.14. The van der Waals surface area contributed by atoms with Crippen molar-refractivity contribution in [3.63, 3.8) is 0 Å². The lowest BCUT2D eigenvalue weighted by Gasteiger charge is -2.10. The van der Waals surface area contributed by atoms with Gasteiger partial charge < -0.3 is 10.6 Å². The Bertz CT molecular complexity index is 371. The summed E-state index contributed by atoms with van der Waals surface area (Å²) >= 11 is 0. The summed E-state index contributed by atoms with van der Waals surface area (Å²) in [6.45, 7) is 5.38. The number of unbranched alkanes of at least 4 members (excludes halogenated alkanes) is 2. The van der Waals surface area contributed by atoms with Crippen molar-refractivity contribution in [2.75, 3.05) is 20.1 Å². The fourth-order valence-corrected chi connectivity index (χ4v) is 1.87. The zero-order chi connectivity index (χ0) is 13.8. The first-order chi connectivity index (χ1) is 9.36. The van der Waals surface area contributed by atoms with E-state index in [-0.39, 0.29) is 0 Å². The average molecular weight is 259 g/mol. The van der Waals surface area contributed by atoms with Gasteiger partial charge in [-0.25, -0.2) is 0 Å². The fraction of sp³-hybridized carbons (Fsp3) is 0.438. The summed E-state index contributed by atoms with van der Waals surface area (Å²) in [7, 11) is 1.79. The summed E-state index contributed by atoms with van der Waals surface area (Å²) in [5.41, 5.74) is 1.43. The van der Waals surface area contributed by atoms with Crippen LogP contribution in [0.5, 0.6) is 0 Å². The fourth-order valence-electron chi connectivity index (χ4n) is 1.87. The summed E-state index contributed by atoms with van der Waals surface area (Å²) in [6.07, 6.45) is 6.64. The summed E-state index contributed by atoms with van der Waals surface area (Å²) in [5, 5.41) is 6.45. The van der Waals surface area contributed by atoms with Crippen molar-refractivity contribution >= 4 is 5.96 Å². The molecule has 0 spiro atoms. The second-order valence-electron chi connectivity index (χ2n) is 4.46. The quantitative estimate of drug-likeness (QED) is 0.326. The standard InChI is InChI=1S/C16H25N3/c1-3-13-18-16(17-2)19-14-9-5-8-12-15-10-6-4-7-11-15/h3-4,6-7,10-11H,1,5,8-9,12-14H2,2H3,(H2,17,18,19). The van der Waals surface area contributed by atoms with Crippen LogP contribution in [0.2, 0.25) is 0 Å². The van der Waals surface area contributed by atoms with E-state index in [9.17, 15) is 0 Å². The molecule has 0 aliphatic heterocycles. The second-order valence-corrected chi connectivity index (χ2v) is 4.46. The monoisotopic (exact) mass is 259 g/mol. The van der Waals surface area contributed by atoms with Crippen LogP contribution in [0.25, 0.3) is 0 Å². The summed E-state index contributed by atoms with van der Waals surface area (Å²) in [6, 6.07) is 10.7. The van der Waals surface area contributed by atoms with Crippen molar-refractivity contribution in [2.45, 2.75) is 25.7 Å². The van der Waals surface area contributed by atoms with E-state index in [1.807, 2.05) is 6.08 Å². The maximum atomic E-state index is 4.14. The number of nitrogens with one attached hydrogen (secondary N) is 2. The minimum atomic E-state index is 0.744. The van der Waals surface area contributed by atoms with E-state index in [0.717, 1.165) is 19.0 Å². The molecule has 0 unspecified atom stereocenters. The molecule has 0 radical (unpaired) electrons. The predicted octanol–water partition coefficient (Wildman–Crippen LogP) is 2.75. The maximum Gasteiger partial charge on any atom is 0.191 e. The molecule has 1 aromatic rings. The Morgan fingerprint density at radius 2 is 1.95 bits per heavy atom. The number of nitrogens with zero attached hydrogens (tertiary/aromatic N) is 1. The van der Waals surface area contributed by atoms with E-state index in [1.165, 1.54) is 31.2 Å². The largest absolute Gasteiger partial charge is 0.356 e. The van der Waals surface area contributed by atoms with Crippen LogP contribution >= 0.6 is 0 Å². The number of rotatable bonds is 8. The molecule has 1 rings (SSSR count). The average Bonchev–Trinajstić information content (AvgIpc) is 2.47. The van der Waals surface area contributed by atoms with Crippen LogP contribution in [-0.2, 0) is 6.42 Å². The van der Waals surface area contributed by atoms with Crippen molar-refractivity contribution in [2.24, 2.45) is 4.99 Å². The molecule has 104 valence electrons. The van der Waals surface area contributed by atoms with Gasteiger partial charge in [0.05, 0.1) is 0 Å². The van der Waals surface area contributed by atoms with Crippen molar-refractivity contribution in [1.82, 2.24) is 10.6 Å². The Balaban J connectivity index is 2.03. The van der Waals surface area contributed by atoms with Crippen LogP contribution in [0.1, 0.15) is 24.8 Å². The highest BCUT2D eigenvalue weighted by atomic mass is 15.2. The van der Waals surface area contributed by atoms with Gasteiger partial charge in [0, 0.05) is 20.1 Å². The first-order valence-electron chi connectivity index (χ1n) is 6.96. The first kappa shape index (κ1) is 15.3. The third-order valence-electron chi connectivity index (χ3n) is 2.91. The van der Waals surface area contributed by atoms with Crippen LogP contribution in [-0.4, -0.2) is 26.1 Å². The minimum absolute atomic E-state index is 0.744. The van der Waals surface area contributed by atoms with E-state index >= 15 is 0 Å². The van der Waals surface area contributed by atoms with Crippen molar-refractivity contribution < 1.29 is 0 Å². The molecular weight excluding hydrogens is 234 g/mol. The van der Waals surface area contributed by atoms with Crippen molar-refractivity contribution in [1.29, 1.82) is 0 Å². The SMILES string of the molecule is C=CCNC(=NC)NCCCCCc1ccccc1. The minimum Gasteiger partial charge on any atom is -0.356 e. The van der Waals surface area contributed by atoms with Gasteiger partial charge in [-0.15, -0.1) is 6.58 Å². The summed E-state index contributed by atoms with van der Waals surface area (Å²) in [5.74, 6) is 0.850. The second kappa shape index (κ2) is 10.2. The molecule has 0 aromatic heterocycles. The van der Waals surface area contributed by atoms with Gasteiger partial charge in [0.15, 0.2) is 5.96 Å². The van der Waals surface area contributed by atoms with Crippen LogP contribution in [0.4, 0.5) is 0 Å². The van der Waals surface area contributed by atoms with Crippen LogP contribution < -0.4 is 10.6 Å². The Labute approximate surface area is 116 Å². The van der Waals surface area contributed by atoms with Gasteiger partial charge in [0.25, 0.3) is 0 Å². The van der Waals surface area contributed by atoms with Gasteiger partial charge in [-0.1, -0.05) is 42.8 Å². The van der Waals surface area contributed by atoms with E-state index < -0.39 is 0 Å². The molecule has 0 fully saturated rings. The van der Waals surface area contributed by atoms with Gasteiger partial charge >= 0.3 is 0 Å². The number of guanidine groups is 1. The molecule has 0 heterocycles. The molecule has 19 heavy (non-hydrogen) atoms. The van der Waals surface area contributed by atoms with Gasteiger partial charge in [-0.3, -0.25) is 4.99 Å². The number of hydrogen-bond acceptors (Lipinski definition) is 1. The highest BCUT2D eigenvalue weighted by Crippen LogP contribution is 2.05. The van der Waals surface area contributed by atoms with Gasteiger partial charge in [-0.2, -0.15) is 0 Å². The van der Waals surface area contributed by atoms with Gasteiger partial charge in [-0.05, 0) is 24.8 Å². The molecule has 2 N–H and O–H groups in total. The Kier molecular flexibility index (Phi) is 8.19. The van der Waals surface area contributed by atoms with Gasteiger partial charge in [0.1, 0.15) is 0 Å². The van der Waals surface area contributed by atoms with E-state index in [2.05, 4.69) is 52.5 Å². The first-order valence-corrected chi connectivity index (χ1v) is 6.96. The number of aryl methyl sites for hydroxylation is 1. The zero-order valence-electron chi connectivity index (χ0n) is 11.9. The molecule has 0 saturated heterocycles. The third kappa shape index (κ3) is 7.29. The van der Waals surface area contributed by atoms with Crippen LogP contribution in [0.3, 0.4) is 0 Å². The Hall–Kier alpha value is -1.77. The molecule has 3 heteroatoms. The molecular formula is C16H25N3.